The van der Waals surface area contributed by atoms with Crippen LogP contribution in [-0.2, 0) is 4.74 Å². The van der Waals surface area contributed by atoms with Crippen molar-refractivity contribution >= 4 is 37.0 Å². The number of hydrogen-bond donors (Lipinski definition) is 6. The molecule has 0 unspecified atom stereocenters. The van der Waals surface area contributed by atoms with E-state index in [2.05, 4.69) is 10.6 Å². The number of ether oxygens (including phenoxy) is 1. The average molecular weight is 414 g/mol. The maximum Gasteiger partial charge on any atom is 0.488 e. The zero-order valence-corrected chi connectivity index (χ0v) is 16.3. The Morgan fingerprint density at radius 1 is 0.700 bits per heavy atom. The minimum atomic E-state index is -1.57. The number of amides is 2. The van der Waals surface area contributed by atoms with Crippen LogP contribution in [0.3, 0.4) is 0 Å². The number of carbonyl (C=O) groups excluding carboxylic acids is 2. The van der Waals surface area contributed by atoms with E-state index in [4.69, 9.17) is 24.8 Å². The molecule has 9 nitrogen and oxygen atoms in total. The van der Waals surface area contributed by atoms with E-state index in [-0.39, 0.29) is 11.8 Å². The van der Waals surface area contributed by atoms with Crippen molar-refractivity contribution in [2.24, 2.45) is 0 Å². The summed E-state index contributed by atoms with van der Waals surface area (Å²) in [7, 11) is -3.13. The molecule has 6 N–H and O–H groups in total. The molecule has 0 saturated carbocycles. The normalized spacial score (nSPS) is 10.4. The minimum Gasteiger partial charge on any atom is -0.423 e. The minimum absolute atomic E-state index is 0.263. The van der Waals surface area contributed by atoms with Gasteiger partial charge in [0, 0.05) is 30.8 Å². The van der Waals surface area contributed by atoms with Gasteiger partial charge in [-0.2, -0.15) is 0 Å². The lowest BCUT2D eigenvalue weighted by atomic mass is 9.80. The van der Waals surface area contributed by atoms with E-state index in [1.165, 1.54) is 48.5 Å². The van der Waals surface area contributed by atoms with Crippen molar-refractivity contribution in [3.05, 3.63) is 59.7 Å². The topological polar surface area (TPSA) is 148 Å². The largest absolute Gasteiger partial charge is 0.488 e. The SMILES string of the molecule is O=C(NCCCOCCNC(=O)c1ccc(B(O)O)cc1)c1ccc(B(O)O)cc1. The van der Waals surface area contributed by atoms with E-state index in [0.717, 1.165) is 0 Å². The number of nitrogens with one attached hydrogen (secondary N) is 2. The fourth-order valence-electron chi connectivity index (χ4n) is 2.53. The van der Waals surface area contributed by atoms with Gasteiger partial charge < -0.3 is 35.5 Å². The highest BCUT2D eigenvalue weighted by Gasteiger charge is 2.12. The molecule has 0 aromatic heterocycles. The van der Waals surface area contributed by atoms with Crippen LogP contribution in [-0.4, -0.2) is 72.5 Å². The maximum atomic E-state index is 12.0. The molecule has 0 aliphatic heterocycles. The monoisotopic (exact) mass is 414 g/mol. The van der Waals surface area contributed by atoms with E-state index >= 15 is 0 Å². The van der Waals surface area contributed by atoms with Gasteiger partial charge in [-0.1, -0.05) is 24.3 Å². The smallest absolute Gasteiger partial charge is 0.423 e. The van der Waals surface area contributed by atoms with Crippen molar-refractivity contribution in [1.29, 1.82) is 0 Å². The first-order valence-corrected chi connectivity index (χ1v) is 9.45. The second-order valence-electron chi connectivity index (χ2n) is 6.47. The zero-order valence-electron chi connectivity index (χ0n) is 16.3. The van der Waals surface area contributed by atoms with Crippen LogP contribution < -0.4 is 21.6 Å². The predicted octanol–water partition coefficient (Wildman–Crippen LogP) is -2.39. The van der Waals surface area contributed by atoms with Gasteiger partial charge in [-0.25, -0.2) is 0 Å². The lowest BCUT2D eigenvalue weighted by Gasteiger charge is -2.08. The van der Waals surface area contributed by atoms with Crippen molar-refractivity contribution in [3.8, 4) is 0 Å². The van der Waals surface area contributed by atoms with Gasteiger partial charge >= 0.3 is 14.2 Å². The molecule has 0 radical (unpaired) electrons. The molecule has 2 aromatic carbocycles. The molecule has 0 fully saturated rings. The van der Waals surface area contributed by atoms with Gasteiger partial charge in [-0.05, 0) is 41.6 Å². The van der Waals surface area contributed by atoms with Gasteiger partial charge in [0.1, 0.15) is 0 Å². The van der Waals surface area contributed by atoms with Gasteiger partial charge in [0.15, 0.2) is 0 Å². The molecule has 0 atom stereocenters. The van der Waals surface area contributed by atoms with Crippen LogP contribution in [0.15, 0.2) is 48.5 Å². The first kappa shape index (κ1) is 23.6. The molecule has 11 heteroatoms. The number of carbonyl (C=O) groups is 2. The fourth-order valence-corrected chi connectivity index (χ4v) is 2.53. The molecule has 0 heterocycles. The molecule has 0 spiro atoms. The third-order valence-electron chi connectivity index (χ3n) is 4.22. The summed E-state index contributed by atoms with van der Waals surface area (Å²) in [5.74, 6) is -0.550. The van der Waals surface area contributed by atoms with E-state index in [0.29, 0.717) is 54.8 Å². The standard InChI is InChI=1S/C19H24B2N2O7/c24-18(14-2-6-16(7-3-14)20(26)27)22-10-1-12-30-13-11-23-19(25)15-4-8-17(9-5-15)21(28)29/h2-9,26-29H,1,10-13H2,(H,22,24)(H,23,25). The van der Waals surface area contributed by atoms with Crippen molar-refractivity contribution in [3.63, 3.8) is 0 Å². The Hall–Kier alpha value is -2.69. The summed E-state index contributed by atoms with van der Waals surface area (Å²) in [5.41, 5.74) is 1.45. The molecule has 30 heavy (non-hydrogen) atoms. The van der Waals surface area contributed by atoms with Gasteiger partial charge in [0.05, 0.1) is 6.61 Å². The quantitative estimate of drug-likeness (QED) is 0.178. The number of benzene rings is 2. The van der Waals surface area contributed by atoms with Gasteiger partial charge in [0.25, 0.3) is 11.8 Å². The lowest BCUT2D eigenvalue weighted by Crippen LogP contribution is -2.31. The molecule has 2 aromatic rings. The van der Waals surface area contributed by atoms with Crippen LogP contribution in [0.5, 0.6) is 0 Å². The second-order valence-corrected chi connectivity index (χ2v) is 6.47. The van der Waals surface area contributed by atoms with E-state index in [1.54, 1.807) is 0 Å². The Labute approximate surface area is 175 Å². The van der Waals surface area contributed by atoms with Crippen molar-refractivity contribution in [2.75, 3.05) is 26.3 Å². The summed E-state index contributed by atoms with van der Waals surface area (Å²) < 4.78 is 5.41. The van der Waals surface area contributed by atoms with Crippen LogP contribution in [0, 0.1) is 0 Å². The molecule has 158 valence electrons. The van der Waals surface area contributed by atoms with E-state index < -0.39 is 14.2 Å². The Morgan fingerprint density at radius 2 is 1.13 bits per heavy atom. The van der Waals surface area contributed by atoms with Gasteiger partial charge in [-0.3, -0.25) is 9.59 Å². The summed E-state index contributed by atoms with van der Waals surface area (Å²) in [6, 6.07) is 11.9. The van der Waals surface area contributed by atoms with Crippen molar-refractivity contribution in [1.82, 2.24) is 10.6 Å². The van der Waals surface area contributed by atoms with Crippen LogP contribution in [0.25, 0.3) is 0 Å². The summed E-state index contributed by atoms with van der Waals surface area (Å²) in [6.07, 6.45) is 0.595. The highest BCUT2D eigenvalue weighted by atomic mass is 16.5. The zero-order chi connectivity index (χ0) is 21.9. The Morgan fingerprint density at radius 3 is 1.57 bits per heavy atom. The summed E-state index contributed by atoms with van der Waals surface area (Å²) in [4.78, 5) is 23.9. The van der Waals surface area contributed by atoms with E-state index in [1.807, 2.05) is 0 Å². The summed E-state index contributed by atoms with van der Waals surface area (Å²) in [5, 5.41) is 41.6. The first-order chi connectivity index (χ1) is 14.4. The number of hydrogen-bond acceptors (Lipinski definition) is 7. The first-order valence-electron chi connectivity index (χ1n) is 9.45. The summed E-state index contributed by atoms with van der Waals surface area (Å²) >= 11 is 0. The highest BCUT2D eigenvalue weighted by Crippen LogP contribution is 1.98. The highest BCUT2D eigenvalue weighted by molar-refractivity contribution is 6.58. The van der Waals surface area contributed by atoms with Crippen LogP contribution in [0.4, 0.5) is 0 Å². The van der Waals surface area contributed by atoms with Crippen molar-refractivity contribution in [2.45, 2.75) is 6.42 Å². The fraction of sp³-hybridized carbons (Fsp3) is 0.263. The van der Waals surface area contributed by atoms with Crippen LogP contribution in [0.1, 0.15) is 27.1 Å². The molecular weight excluding hydrogens is 390 g/mol. The molecular formula is C19H24B2N2O7. The van der Waals surface area contributed by atoms with Gasteiger partial charge in [-0.15, -0.1) is 0 Å². The molecule has 2 rings (SSSR count). The summed E-state index contributed by atoms with van der Waals surface area (Å²) in [6.45, 7) is 1.46. The molecule has 0 saturated heterocycles. The molecule has 0 bridgehead atoms. The third kappa shape index (κ3) is 7.62. The Kier molecular flexibility index (Phi) is 9.52. The maximum absolute atomic E-state index is 12.0. The van der Waals surface area contributed by atoms with E-state index in [9.17, 15) is 9.59 Å². The second kappa shape index (κ2) is 12.1. The number of rotatable bonds is 11. The average Bonchev–Trinajstić information content (AvgIpc) is 2.75. The van der Waals surface area contributed by atoms with Crippen molar-refractivity contribution < 1.29 is 34.4 Å². The molecule has 2 amide bonds. The van der Waals surface area contributed by atoms with Crippen LogP contribution >= 0.6 is 0 Å². The third-order valence-corrected chi connectivity index (χ3v) is 4.22. The molecule has 0 aliphatic carbocycles. The Bertz CT molecular complexity index is 745. The van der Waals surface area contributed by atoms with Crippen LogP contribution in [0.2, 0.25) is 0 Å². The predicted molar refractivity (Wildman–Crippen MR) is 113 cm³/mol. The van der Waals surface area contributed by atoms with Gasteiger partial charge in [0.2, 0.25) is 0 Å². The Balaban J connectivity index is 1.55. The lowest BCUT2D eigenvalue weighted by molar-refractivity contribution is 0.0897. The molecule has 0 aliphatic rings.